The molecule has 0 fully saturated rings. The molecule has 0 saturated heterocycles. The zero-order chi connectivity index (χ0) is 15.3. The first kappa shape index (κ1) is 16.3. The smallest absolute Gasteiger partial charge is 0.236 e. The minimum atomic E-state index is -3.42. The maximum Gasteiger partial charge on any atom is 0.236 e. The summed E-state index contributed by atoms with van der Waals surface area (Å²) in [4.78, 5) is 0. The molecule has 4 nitrogen and oxygen atoms in total. The zero-order valence-corrected chi connectivity index (χ0v) is 14.6. The van der Waals surface area contributed by atoms with Crippen molar-refractivity contribution in [1.29, 1.82) is 0 Å². The molecule has 6 heteroatoms. The molecule has 2 rings (SSSR count). The van der Waals surface area contributed by atoms with Crippen LogP contribution in [-0.2, 0) is 22.3 Å². The van der Waals surface area contributed by atoms with E-state index in [2.05, 4.69) is 32.6 Å². The predicted octanol–water partition coefficient (Wildman–Crippen LogP) is 2.95. The highest BCUT2D eigenvalue weighted by Crippen LogP contribution is 2.19. The molecule has 0 aliphatic heterocycles. The molecule has 21 heavy (non-hydrogen) atoms. The predicted molar refractivity (Wildman–Crippen MR) is 94.6 cm³/mol. The van der Waals surface area contributed by atoms with Gasteiger partial charge in [0.25, 0.3) is 0 Å². The quantitative estimate of drug-likeness (QED) is 0.713. The number of para-hydroxylation sites is 1. The SMILES string of the molecule is CNCc1cccc(CS(=O)(=O)Nc2ccccc2I)c1. The first-order valence-corrected chi connectivity index (χ1v) is 9.21. The number of hydrogen-bond donors (Lipinski definition) is 2. The summed E-state index contributed by atoms with van der Waals surface area (Å²) in [5, 5.41) is 3.06. The highest BCUT2D eigenvalue weighted by molar-refractivity contribution is 14.1. The van der Waals surface area contributed by atoms with Gasteiger partial charge in [-0.3, -0.25) is 4.72 Å². The van der Waals surface area contributed by atoms with Gasteiger partial charge in [0.05, 0.1) is 11.4 Å². The van der Waals surface area contributed by atoms with Crippen LogP contribution in [0.3, 0.4) is 0 Å². The molecule has 0 spiro atoms. The highest BCUT2D eigenvalue weighted by Gasteiger charge is 2.13. The Bertz CT molecular complexity index is 717. The minimum Gasteiger partial charge on any atom is -0.316 e. The normalized spacial score (nSPS) is 11.3. The number of benzene rings is 2. The van der Waals surface area contributed by atoms with Crippen molar-refractivity contribution in [2.45, 2.75) is 12.3 Å². The largest absolute Gasteiger partial charge is 0.316 e. The van der Waals surface area contributed by atoms with E-state index in [4.69, 9.17) is 0 Å². The van der Waals surface area contributed by atoms with Gasteiger partial charge in [-0.25, -0.2) is 8.42 Å². The standard InChI is InChI=1S/C15H17IN2O2S/c1-17-10-12-5-4-6-13(9-12)11-21(19,20)18-15-8-3-2-7-14(15)16/h2-9,17-18H,10-11H2,1H3. The Morgan fingerprint density at radius 1 is 1.05 bits per heavy atom. The fraction of sp³-hybridized carbons (Fsp3) is 0.200. The number of halogens is 1. The second kappa shape index (κ2) is 7.24. The number of rotatable bonds is 6. The van der Waals surface area contributed by atoms with Crippen LogP contribution in [0.1, 0.15) is 11.1 Å². The molecular formula is C15H17IN2O2S. The molecule has 0 unspecified atom stereocenters. The lowest BCUT2D eigenvalue weighted by Gasteiger charge is -2.10. The zero-order valence-electron chi connectivity index (χ0n) is 11.6. The van der Waals surface area contributed by atoms with Gasteiger partial charge < -0.3 is 5.32 Å². The monoisotopic (exact) mass is 416 g/mol. The van der Waals surface area contributed by atoms with E-state index >= 15 is 0 Å². The Labute approximate surface area is 139 Å². The van der Waals surface area contributed by atoms with E-state index in [1.807, 2.05) is 49.5 Å². The van der Waals surface area contributed by atoms with Crippen molar-refractivity contribution >= 4 is 38.3 Å². The van der Waals surface area contributed by atoms with Gasteiger partial charge in [-0.2, -0.15) is 0 Å². The lowest BCUT2D eigenvalue weighted by molar-refractivity contribution is 0.600. The summed E-state index contributed by atoms with van der Waals surface area (Å²) in [7, 11) is -1.55. The van der Waals surface area contributed by atoms with Gasteiger partial charge in [0, 0.05) is 10.1 Å². The Hall–Kier alpha value is -1.12. The first-order chi connectivity index (χ1) is 10.00. The van der Waals surface area contributed by atoms with E-state index < -0.39 is 10.0 Å². The Kier molecular flexibility index (Phi) is 5.60. The van der Waals surface area contributed by atoms with Crippen LogP contribution < -0.4 is 10.0 Å². The second-order valence-corrected chi connectivity index (χ2v) is 7.58. The summed E-state index contributed by atoms with van der Waals surface area (Å²) in [5.41, 5.74) is 2.46. The van der Waals surface area contributed by atoms with Crippen molar-refractivity contribution in [2.75, 3.05) is 11.8 Å². The van der Waals surface area contributed by atoms with Crippen molar-refractivity contribution in [3.8, 4) is 0 Å². The van der Waals surface area contributed by atoms with Crippen molar-refractivity contribution in [1.82, 2.24) is 5.32 Å². The van der Waals surface area contributed by atoms with E-state index in [-0.39, 0.29) is 5.75 Å². The number of sulfonamides is 1. The van der Waals surface area contributed by atoms with Gasteiger partial charge in [0.2, 0.25) is 10.0 Å². The van der Waals surface area contributed by atoms with Gasteiger partial charge in [-0.15, -0.1) is 0 Å². The Morgan fingerprint density at radius 2 is 1.76 bits per heavy atom. The maximum absolute atomic E-state index is 12.3. The van der Waals surface area contributed by atoms with Crippen molar-refractivity contribution in [3.63, 3.8) is 0 Å². The van der Waals surface area contributed by atoms with Crippen LogP contribution in [0.2, 0.25) is 0 Å². The molecule has 0 aromatic heterocycles. The van der Waals surface area contributed by atoms with Gasteiger partial charge in [0.15, 0.2) is 0 Å². The molecule has 0 atom stereocenters. The van der Waals surface area contributed by atoms with Crippen LogP contribution in [0, 0.1) is 3.57 Å². The molecule has 0 aliphatic rings. The van der Waals surface area contributed by atoms with Gasteiger partial charge in [-0.05, 0) is 52.9 Å². The molecule has 2 aromatic rings. The maximum atomic E-state index is 12.3. The Morgan fingerprint density at radius 3 is 2.48 bits per heavy atom. The number of nitrogens with one attached hydrogen (secondary N) is 2. The Balaban J connectivity index is 2.14. The van der Waals surface area contributed by atoms with E-state index in [1.54, 1.807) is 6.07 Å². The molecule has 0 radical (unpaired) electrons. The lowest BCUT2D eigenvalue weighted by Crippen LogP contribution is -2.16. The summed E-state index contributed by atoms with van der Waals surface area (Å²) in [6.45, 7) is 0.720. The number of anilines is 1. The summed E-state index contributed by atoms with van der Waals surface area (Å²) in [6, 6.07) is 14.9. The second-order valence-electron chi connectivity index (χ2n) is 4.69. The minimum absolute atomic E-state index is 0.0322. The van der Waals surface area contributed by atoms with Gasteiger partial charge in [0.1, 0.15) is 0 Å². The highest BCUT2D eigenvalue weighted by atomic mass is 127. The third kappa shape index (κ3) is 4.98. The van der Waals surface area contributed by atoms with Crippen LogP contribution in [0.15, 0.2) is 48.5 Å². The molecule has 0 aliphatic carbocycles. The molecule has 0 saturated carbocycles. The summed E-state index contributed by atoms with van der Waals surface area (Å²) in [6.07, 6.45) is 0. The lowest BCUT2D eigenvalue weighted by atomic mass is 10.1. The van der Waals surface area contributed by atoms with Crippen LogP contribution in [0.25, 0.3) is 0 Å². The average Bonchev–Trinajstić information content (AvgIpc) is 2.41. The first-order valence-electron chi connectivity index (χ1n) is 6.47. The third-order valence-corrected chi connectivity index (χ3v) is 5.05. The van der Waals surface area contributed by atoms with E-state index in [1.165, 1.54) is 0 Å². The summed E-state index contributed by atoms with van der Waals surface area (Å²) >= 11 is 2.11. The molecular weight excluding hydrogens is 399 g/mol. The summed E-state index contributed by atoms with van der Waals surface area (Å²) in [5.74, 6) is -0.0322. The molecule has 2 aromatic carbocycles. The topological polar surface area (TPSA) is 58.2 Å². The molecule has 112 valence electrons. The molecule has 0 amide bonds. The van der Waals surface area contributed by atoms with Gasteiger partial charge >= 0.3 is 0 Å². The summed E-state index contributed by atoms with van der Waals surface area (Å²) < 4.78 is 28.0. The van der Waals surface area contributed by atoms with Crippen molar-refractivity contribution in [3.05, 3.63) is 63.2 Å². The average molecular weight is 416 g/mol. The van der Waals surface area contributed by atoms with Crippen LogP contribution in [-0.4, -0.2) is 15.5 Å². The van der Waals surface area contributed by atoms with Crippen LogP contribution >= 0.6 is 22.6 Å². The van der Waals surface area contributed by atoms with Gasteiger partial charge in [-0.1, -0.05) is 36.4 Å². The molecule has 2 N–H and O–H groups in total. The van der Waals surface area contributed by atoms with E-state index in [9.17, 15) is 8.42 Å². The molecule has 0 bridgehead atoms. The molecule has 0 heterocycles. The fourth-order valence-corrected chi connectivity index (χ4v) is 3.91. The van der Waals surface area contributed by atoms with E-state index in [0.29, 0.717) is 5.69 Å². The fourth-order valence-electron chi connectivity index (χ4n) is 2.00. The van der Waals surface area contributed by atoms with Crippen LogP contribution in [0.5, 0.6) is 0 Å². The third-order valence-electron chi connectivity index (χ3n) is 2.87. The van der Waals surface area contributed by atoms with Crippen molar-refractivity contribution in [2.24, 2.45) is 0 Å². The number of hydrogen-bond acceptors (Lipinski definition) is 3. The van der Waals surface area contributed by atoms with E-state index in [0.717, 1.165) is 21.2 Å². The van der Waals surface area contributed by atoms with Crippen molar-refractivity contribution < 1.29 is 8.42 Å². The van der Waals surface area contributed by atoms with Crippen LogP contribution in [0.4, 0.5) is 5.69 Å².